The zero-order valence-electron chi connectivity index (χ0n) is 9.46. The molecule has 0 amide bonds. The Morgan fingerprint density at radius 3 is 2.53 bits per heavy atom. The van der Waals surface area contributed by atoms with E-state index >= 15 is 0 Å². The highest BCUT2D eigenvalue weighted by molar-refractivity contribution is 5.83. The molecule has 2 heteroatoms. The average molecular weight is 208 g/mol. The second-order valence-corrected chi connectivity index (χ2v) is 4.35. The number of carbonyl (C=O) groups is 1. The largest absolute Gasteiger partial charge is 0.299 e. The second kappa shape index (κ2) is 5.06. The molecule has 0 aliphatic rings. The number of hydrogen-bond acceptors (Lipinski definition) is 1. The van der Waals surface area contributed by atoms with Gasteiger partial charge in [-0.05, 0) is 37.0 Å². The Balaban J connectivity index is 2.94. The lowest BCUT2D eigenvalue weighted by molar-refractivity contribution is -0.118. The Morgan fingerprint density at radius 1 is 1.40 bits per heavy atom. The summed E-state index contributed by atoms with van der Waals surface area (Å²) in [6, 6.07) is 6.32. The Bertz CT molecular complexity index is 344. The van der Waals surface area contributed by atoms with Crippen molar-refractivity contribution < 1.29 is 9.18 Å². The summed E-state index contributed by atoms with van der Waals surface area (Å²) in [5, 5.41) is 0. The molecule has 0 radical (unpaired) electrons. The van der Waals surface area contributed by atoms with Crippen LogP contribution in [0.15, 0.2) is 24.3 Å². The molecule has 1 aromatic carbocycles. The fraction of sp³-hybridized carbons (Fsp3) is 0.462. The summed E-state index contributed by atoms with van der Waals surface area (Å²) in [5.41, 5.74) is 0.788. The van der Waals surface area contributed by atoms with Crippen LogP contribution < -0.4 is 0 Å². The minimum atomic E-state index is -0.275. The number of carbonyl (C=O) groups excluding carboxylic acids is 1. The van der Waals surface area contributed by atoms with Crippen molar-refractivity contribution in [2.45, 2.75) is 33.1 Å². The highest BCUT2D eigenvalue weighted by Crippen LogP contribution is 2.25. The quantitative estimate of drug-likeness (QED) is 0.739. The molecule has 0 spiro atoms. The number of Topliss-reactive ketones (excluding diaryl/α,β-unsaturated/α-hetero) is 1. The lowest BCUT2D eigenvalue weighted by Crippen LogP contribution is -2.11. The predicted molar refractivity (Wildman–Crippen MR) is 59.3 cm³/mol. The van der Waals surface area contributed by atoms with Crippen LogP contribution >= 0.6 is 0 Å². The van der Waals surface area contributed by atoms with Crippen molar-refractivity contribution in [2.75, 3.05) is 0 Å². The van der Waals surface area contributed by atoms with Crippen LogP contribution in [0, 0.1) is 11.7 Å². The highest BCUT2D eigenvalue weighted by Gasteiger charge is 2.18. The summed E-state index contributed by atoms with van der Waals surface area (Å²) in [6.07, 6.45) is 0.777. The van der Waals surface area contributed by atoms with Gasteiger partial charge in [-0.15, -0.1) is 0 Å². The van der Waals surface area contributed by atoms with E-state index in [2.05, 4.69) is 13.8 Å². The van der Waals surface area contributed by atoms with Gasteiger partial charge in [0, 0.05) is 5.92 Å². The summed E-state index contributed by atoms with van der Waals surface area (Å²) in [7, 11) is 0. The predicted octanol–water partition coefficient (Wildman–Crippen LogP) is 3.54. The van der Waals surface area contributed by atoms with Gasteiger partial charge in [0.2, 0.25) is 0 Å². The van der Waals surface area contributed by atoms with E-state index in [1.165, 1.54) is 12.1 Å². The van der Waals surface area contributed by atoms with Gasteiger partial charge in [-0.1, -0.05) is 26.0 Å². The molecular formula is C13H17FO. The van der Waals surface area contributed by atoms with Crippen LogP contribution in [0.3, 0.4) is 0 Å². The van der Waals surface area contributed by atoms with E-state index in [0.29, 0.717) is 5.92 Å². The van der Waals surface area contributed by atoms with Crippen molar-refractivity contribution in [3.8, 4) is 0 Å². The van der Waals surface area contributed by atoms with Crippen LogP contribution in [-0.2, 0) is 4.79 Å². The second-order valence-electron chi connectivity index (χ2n) is 4.35. The molecule has 1 atom stereocenters. The standard InChI is InChI=1S/C13H17FO/c1-9(2)7-13(10(3)15)11-5-4-6-12(14)8-11/h4-6,8-9,13H,7H2,1-3H3. The molecule has 1 aromatic rings. The van der Waals surface area contributed by atoms with Gasteiger partial charge < -0.3 is 0 Å². The van der Waals surface area contributed by atoms with Gasteiger partial charge in [0.1, 0.15) is 11.6 Å². The van der Waals surface area contributed by atoms with Crippen molar-refractivity contribution in [1.29, 1.82) is 0 Å². The lowest BCUT2D eigenvalue weighted by atomic mass is 9.87. The van der Waals surface area contributed by atoms with Crippen LogP contribution in [0.5, 0.6) is 0 Å². The van der Waals surface area contributed by atoms with Gasteiger partial charge in [0.25, 0.3) is 0 Å². The van der Waals surface area contributed by atoms with Crippen LogP contribution in [0.4, 0.5) is 4.39 Å². The molecular weight excluding hydrogens is 191 g/mol. The normalized spacial score (nSPS) is 12.9. The molecule has 1 nitrogen and oxygen atoms in total. The molecule has 82 valence electrons. The SMILES string of the molecule is CC(=O)C(CC(C)C)c1cccc(F)c1. The monoisotopic (exact) mass is 208 g/mol. The van der Waals surface area contributed by atoms with E-state index in [9.17, 15) is 9.18 Å². The molecule has 15 heavy (non-hydrogen) atoms. The van der Waals surface area contributed by atoms with Gasteiger partial charge in [-0.25, -0.2) is 4.39 Å². The average Bonchev–Trinajstić information content (AvgIpc) is 2.13. The molecule has 0 aliphatic heterocycles. The summed E-state index contributed by atoms with van der Waals surface area (Å²) < 4.78 is 13.0. The van der Waals surface area contributed by atoms with Crippen LogP contribution in [0.1, 0.15) is 38.7 Å². The minimum Gasteiger partial charge on any atom is -0.299 e. The summed E-state index contributed by atoms with van der Waals surface area (Å²) in [6.45, 7) is 5.70. The summed E-state index contributed by atoms with van der Waals surface area (Å²) >= 11 is 0. The summed E-state index contributed by atoms with van der Waals surface area (Å²) in [5.74, 6) is 0.0969. The van der Waals surface area contributed by atoms with Crippen molar-refractivity contribution in [2.24, 2.45) is 5.92 Å². The van der Waals surface area contributed by atoms with E-state index in [0.717, 1.165) is 12.0 Å². The zero-order chi connectivity index (χ0) is 11.4. The Labute approximate surface area is 90.3 Å². The van der Waals surface area contributed by atoms with Crippen molar-refractivity contribution in [1.82, 2.24) is 0 Å². The molecule has 0 saturated heterocycles. The molecule has 1 unspecified atom stereocenters. The third-order valence-electron chi connectivity index (χ3n) is 2.45. The maximum atomic E-state index is 13.0. The van der Waals surface area contributed by atoms with E-state index in [4.69, 9.17) is 0 Å². The van der Waals surface area contributed by atoms with Crippen LogP contribution in [-0.4, -0.2) is 5.78 Å². The van der Waals surface area contributed by atoms with Crippen molar-refractivity contribution >= 4 is 5.78 Å². The van der Waals surface area contributed by atoms with Crippen LogP contribution in [0.25, 0.3) is 0 Å². The Morgan fingerprint density at radius 2 is 2.07 bits per heavy atom. The molecule has 0 saturated carbocycles. The fourth-order valence-electron chi connectivity index (χ4n) is 1.73. The van der Waals surface area contributed by atoms with Gasteiger partial charge in [-0.3, -0.25) is 4.79 Å². The first-order valence-corrected chi connectivity index (χ1v) is 5.26. The number of rotatable bonds is 4. The zero-order valence-corrected chi connectivity index (χ0v) is 9.46. The van der Waals surface area contributed by atoms with Crippen molar-refractivity contribution in [3.63, 3.8) is 0 Å². The van der Waals surface area contributed by atoms with E-state index < -0.39 is 0 Å². The van der Waals surface area contributed by atoms with Crippen LogP contribution in [0.2, 0.25) is 0 Å². The third kappa shape index (κ3) is 3.46. The first-order chi connectivity index (χ1) is 7.00. The van der Waals surface area contributed by atoms with Gasteiger partial charge >= 0.3 is 0 Å². The first kappa shape index (κ1) is 11.9. The van der Waals surface area contributed by atoms with Gasteiger partial charge in [0.15, 0.2) is 0 Å². The van der Waals surface area contributed by atoms with Gasteiger partial charge in [0.05, 0.1) is 0 Å². The molecule has 0 aromatic heterocycles. The molecule has 1 rings (SSSR count). The molecule has 0 fully saturated rings. The topological polar surface area (TPSA) is 17.1 Å². The maximum absolute atomic E-state index is 13.0. The smallest absolute Gasteiger partial charge is 0.137 e. The van der Waals surface area contributed by atoms with Crippen molar-refractivity contribution in [3.05, 3.63) is 35.6 Å². The first-order valence-electron chi connectivity index (χ1n) is 5.26. The van der Waals surface area contributed by atoms with E-state index in [-0.39, 0.29) is 17.5 Å². The molecule has 0 heterocycles. The minimum absolute atomic E-state index is 0.106. The molecule has 0 aliphatic carbocycles. The van der Waals surface area contributed by atoms with Gasteiger partial charge in [-0.2, -0.15) is 0 Å². The number of benzene rings is 1. The lowest BCUT2D eigenvalue weighted by Gasteiger charge is -2.16. The number of halogens is 1. The van der Waals surface area contributed by atoms with E-state index in [1.807, 2.05) is 6.07 Å². The molecule has 0 bridgehead atoms. The fourth-order valence-corrected chi connectivity index (χ4v) is 1.73. The summed E-state index contributed by atoms with van der Waals surface area (Å²) in [4.78, 5) is 11.5. The number of hydrogen-bond donors (Lipinski definition) is 0. The Kier molecular flexibility index (Phi) is 4.01. The highest BCUT2D eigenvalue weighted by atomic mass is 19.1. The number of ketones is 1. The maximum Gasteiger partial charge on any atom is 0.137 e. The Hall–Kier alpha value is -1.18. The third-order valence-corrected chi connectivity index (χ3v) is 2.45. The molecule has 0 N–H and O–H groups in total. The van der Waals surface area contributed by atoms with E-state index in [1.54, 1.807) is 13.0 Å².